The van der Waals surface area contributed by atoms with Gasteiger partial charge < -0.3 is 5.32 Å². The monoisotopic (exact) mass is 290 g/mol. The molecule has 1 aliphatic heterocycles. The predicted molar refractivity (Wildman–Crippen MR) is 68.8 cm³/mol. The molecule has 1 fully saturated rings. The first kappa shape index (κ1) is 15.3. The molecule has 2 nitrogen and oxygen atoms in total. The van der Waals surface area contributed by atoms with E-state index in [4.69, 9.17) is 0 Å². The van der Waals surface area contributed by atoms with Crippen LogP contribution in [0.25, 0.3) is 0 Å². The Kier molecular flexibility index (Phi) is 4.65. The first-order chi connectivity index (χ1) is 9.36. The van der Waals surface area contributed by atoms with Gasteiger partial charge in [-0.3, -0.25) is 4.90 Å². The highest BCUT2D eigenvalue weighted by Crippen LogP contribution is 2.30. The quantitative estimate of drug-likeness (QED) is 0.861. The van der Waals surface area contributed by atoms with E-state index in [1.807, 2.05) is 11.9 Å². The van der Waals surface area contributed by atoms with Crippen LogP contribution in [0, 0.1) is 5.82 Å². The fraction of sp³-hybridized carbons (Fsp3) is 0.571. The number of alkyl halides is 3. The van der Waals surface area contributed by atoms with Crippen LogP contribution in [-0.2, 0) is 12.7 Å². The van der Waals surface area contributed by atoms with E-state index in [0.29, 0.717) is 18.2 Å². The highest BCUT2D eigenvalue weighted by molar-refractivity contribution is 5.26. The highest BCUT2D eigenvalue weighted by Gasteiger charge is 2.31. The van der Waals surface area contributed by atoms with Gasteiger partial charge in [0.1, 0.15) is 5.82 Å². The molecule has 1 aromatic rings. The van der Waals surface area contributed by atoms with Crippen LogP contribution >= 0.6 is 0 Å². The molecule has 6 heteroatoms. The van der Waals surface area contributed by atoms with Crippen molar-refractivity contribution in [3.05, 3.63) is 35.1 Å². The van der Waals surface area contributed by atoms with Crippen LogP contribution in [0.4, 0.5) is 17.6 Å². The van der Waals surface area contributed by atoms with Gasteiger partial charge in [-0.25, -0.2) is 4.39 Å². The standard InChI is InChI=1S/C14H18F4N2/c1-20(13-3-2-4-19-8-13)9-10-5-11(14(16,17)18)7-12(15)6-10/h5-7,13,19H,2-4,8-9H2,1H3. The Morgan fingerprint density at radius 1 is 1.30 bits per heavy atom. The van der Waals surface area contributed by atoms with Crippen molar-refractivity contribution < 1.29 is 17.6 Å². The molecule has 1 unspecified atom stereocenters. The topological polar surface area (TPSA) is 15.3 Å². The van der Waals surface area contributed by atoms with Crippen molar-refractivity contribution in [3.8, 4) is 0 Å². The van der Waals surface area contributed by atoms with Crippen LogP contribution in [0.5, 0.6) is 0 Å². The van der Waals surface area contributed by atoms with Crippen LogP contribution in [-0.4, -0.2) is 31.1 Å². The lowest BCUT2D eigenvalue weighted by Crippen LogP contribution is -2.43. The van der Waals surface area contributed by atoms with Gasteiger partial charge in [-0.05, 0) is 50.2 Å². The maximum Gasteiger partial charge on any atom is 0.416 e. The minimum Gasteiger partial charge on any atom is -0.315 e. The summed E-state index contributed by atoms with van der Waals surface area (Å²) in [6.07, 6.45) is -2.46. The smallest absolute Gasteiger partial charge is 0.315 e. The number of halogens is 4. The number of rotatable bonds is 3. The third kappa shape index (κ3) is 3.93. The average molecular weight is 290 g/mol. The molecular formula is C14H18F4N2. The molecule has 0 aromatic heterocycles. The summed E-state index contributed by atoms with van der Waals surface area (Å²) in [5.74, 6) is -0.843. The second-order valence-corrected chi connectivity index (χ2v) is 5.26. The molecule has 0 radical (unpaired) electrons. The molecule has 20 heavy (non-hydrogen) atoms. The number of benzene rings is 1. The molecule has 1 aromatic carbocycles. The van der Waals surface area contributed by atoms with Crippen molar-refractivity contribution in [3.63, 3.8) is 0 Å². The Labute approximate surface area is 115 Å². The number of hydrogen-bond acceptors (Lipinski definition) is 2. The van der Waals surface area contributed by atoms with Crippen molar-refractivity contribution >= 4 is 0 Å². The fourth-order valence-corrected chi connectivity index (χ4v) is 2.53. The molecule has 0 aliphatic carbocycles. The largest absolute Gasteiger partial charge is 0.416 e. The summed E-state index contributed by atoms with van der Waals surface area (Å²) < 4.78 is 51.3. The van der Waals surface area contributed by atoms with Crippen LogP contribution < -0.4 is 5.32 Å². The molecule has 1 saturated heterocycles. The van der Waals surface area contributed by atoms with Gasteiger partial charge >= 0.3 is 6.18 Å². The van der Waals surface area contributed by atoms with Gasteiger partial charge in [0.2, 0.25) is 0 Å². The van der Waals surface area contributed by atoms with E-state index in [1.165, 1.54) is 6.07 Å². The summed E-state index contributed by atoms with van der Waals surface area (Å²) in [6, 6.07) is 3.00. The first-order valence-corrected chi connectivity index (χ1v) is 6.64. The van der Waals surface area contributed by atoms with Crippen molar-refractivity contribution in [2.75, 3.05) is 20.1 Å². The zero-order chi connectivity index (χ0) is 14.8. The number of likely N-dealkylation sites (N-methyl/N-ethyl adjacent to an activating group) is 1. The summed E-state index contributed by atoms with van der Waals surface area (Å²) in [5.41, 5.74) is -0.576. The van der Waals surface area contributed by atoms with Gasteiger partial charge in [-0.15, -0.1) is 0 Å². The minimum absolute atomic E-state index is 0.279. The molecule has 2 rings (SSSR count). The fourth-order valence-electron chi connectivity index (χ4n) is 2.53. The van der Waals surface area contributed by atoms with Crippen molar-refractivity contribution in [2.24, 2.45) is 0 Å². The van der Waals surface area contributed by atoms with Gasteiger partial charge in [0, 0.05) is 19.1 Å². The van der Waals surface area contributed by atoms with Crippen LogP contribution in [0.1, 0.15) is 24.0 Å². The van der Waals surface area contributed by atoms with Gasteiger partial charge in [0.25, 0.3) is 0 Å². The zero-order valence-corrected chi connectivity index (χ0v) is 11.3. The van der Waals surface area contributed by atoms with Crippen molar-refractivity contribution in [2.45, 2.75) is 31.6 Å². The van der Waals surface area contributed by atoms with Gasteiger partial charge in [0.05, 0.1) is 5.56 Å². The van der Waals surface area contributed by atoms with E-state index in [9.17, 15) is 17.6 Å². The molecule has 1 N–H and O–H groups in total. The molecule has 1 atom stereocenters. The summed E-state index contributed by atoms with van der Waals surface area (Å²) in [6.45, 7) is 2.10. The van der Waals surface area contributed by atoms with E-state index in [0.717, 1.165) is 32.0 Å². The van der Waals surface area contributed by atoms with E-state index in [2.05, 4.69) is 5.32 Å². The molecule has 1 heterocycles. The maximum absolute atomic E-state index is 13.3. The number of nitrogens with zero attached hydrogens (tertiary/aromatic N) is 1. The van der Waals surface area contributed by atoms with Crippen molar-refractivity contribution in [1.82, 2.24) is 10.2 Å². The Balaban J connectivity index is 2.10. The average Bonchev–Trinajstić information content (AvgIpc) is 2.38. The van der Waals surface area contributed by atoms with Crippen LogP contribution in [0.3, 0.4) is 0 Å². The Hall–Kier alpha value is -1.14. The summed E-state index contributed by atoms with van der Waals surface area (Å²) in [7, 11) is 1.86. The molecule has 0 saturated carbocycles. The summed E-state index contributed by atoms with van der Waals surface area (Å²) in [4.78, 5) is 1.97. The highest BCUT2D eigenvalue weighted by atomic mass is 19.4. The Morgan fingerprint density at radius 2 is 2.05 bits per heavy atom. The normalized spacial score (nSPS) is 20.4. The van der Waals surface area contributed by atoms with E-state index in [-0.39, 0.29) is 6.04 Å². The van der Waals surface area contributed by atoms with Gasteiger partial charge in [0.15, 0.2) is 0 Å². The van der Waals surface area contributed by atoms with E-state index in [1.54, 1.807) is 0 Å². The van der Waals surface area contributed by atoms with E-state index < -0.39 is 17.6 Å². The van der Waals surface area contributed by atoms with E-state index >= 15 is 0 Å². The number of hydrogen-bond donors (Lipinski definition) is 1. The second kappa shape index (κ2) is 6.10. The number of piperidine rings is 1. The third-order valence-corrected chi connectivity index (χ3v) is 3.61. The Bertz CT molecular complexity index is 453. The lowest BCUT2D eigenvalue weighted by Gasteiger charge is -2.31. The third-order valence-electron chi connectivity index (χ3n) is 3.61. The molecule has 0 bridgehead atoms. The van der Waals surface area contributed by atoms with Crippen LogP contribution in [0.15, 0.2) is 18.2 Å². The summed E-state index contributed by atoms with van der Waals surface area (Å²) >= 11 is 0. The number of nitrogens with one attached hydrogen (secondary N) is 1. The molecular weight excluding hydrogens is 272 g/mol. The lowest BCUT2D eigenvalue weighted by atomic mass is 10.0. The SMILES string of the molecule is CN(Cc1cc(F)cc(C(F)(F)F)c1)C1CCCNC1. The zero-order valence-electron chi connectivity index (χ0n) is 11.3. The minimum atomic E-state index is -4.51. The first-order valence-electron chi connectivity index (χ1n) is 6.64. The predicted octanol–water partition coefficient (Wildman–Crippen LogP) is 3.03. The van der Waals surface area contributed by atoms with Gasteiger partial charge in [-0.1, -0.05) is 0 Å². The second-order valence-electron chi connectivity index (χ2n) is 5.26. The van der Waals surface area contributed by atoms with Gasteiger partial charge in [-0.2, -0.15) is 13.2 Å². The maximum atomic E-state index is 13.3. The summed E-state index contributed by atoms with van der Waals surface area (Å²) in [5, 5.41) is 3.25. The molecule has 0 spiro atoms. The van der Waals surface area contributed by atoms with Crippen LogP contribution in [0.2, 0.25) is 0 Å². The molecule has 0 amide bonds. The molecule has 112 valence electrons. The lowest BCUT2D eigenvalue weighted by molar-refractivity contribution is -0.137. The molecule has 1 aliphatic rings. The van der Waals surface area contributed by atoms with Crippen molar-refractivity contribution in [1.29, 1.82) is 0 Å². The Morgan fingerprint density at radius 3 is 2.65 bits per heavy atom.